The minimum atomic E-state index is -4.96. The first kappa shape index (κ1) is 97.1. The minimum Gasteiger partial charge on any atom is -0.462 e. The average Bonchev–Trinajstić information content (AvgIpc) is 1.05. The van der Waals surface area contributed by atoms with Crippen LogP contribution in [0, 0.1) is 23.7 Å². The zero-order valence-corrected chi connectivity index (χ0v) is 66.9. The summed E-state index contributed by atoms with van der Waals surface area (Å²) >= 11 is 0. The fourth-order valence-corrected chi connectivity index (χ4v) is 13.8. The third-order valence-electron chi connectivity index (χ3n) is 18.9. The highest BCUT2D eigenvalue weighted by Gasteiger charge is 2.30. The van der Waals surface area contributed by atoms with Crippen molar-refractivity contribution in [3.8, 4) is 0 Å². The highest BCUT2D eigenvalue weighted by atomic mass is 31.2. The van der Waals surface area contributed by atoms with Gasteiger partial charge in [-0.2, -0.15) is 0 Å². The van der Waals surface area contributed by atoms with E-state index in [1.807, 2.05) is 0 Å². The molecule has 0 amide bonds. The molecule has 99 heavy (non-hydrogen) atoms. The summed E-state index contributed by atoms with van der Waals surface area (Å²) in [5.74, 6) is 0.972. The van der Waals surface area contributed by atoms with Crippen molar-refractivity contribution in [3.05, 3.63) is 0 Å². The third kappa shape index (κ3) is 72.8. The summed E-state index contributed by atoms with van der Waals surface area (Å²) in [6.45, 7) is 14.2. The molecule has 0 saturated heterocycles. The maximum Gasteiger partial charge on any atom is 0.472 e. The molecule has 0 heterocycles. The first-order valence-corrected chi connectivity index (χ1v) is 44.2. The van der Waals surface area contributed by atoms with Crippen molar-refractivity contribution in [2.24, 2.45) is 23.7 Å². The molecule has 0 saturated carbocycles. The SMILES string of the molecule is CCC(C)CCCCCCCCCCC(=O)O[C@H](COC(=O)CCCCCCCCCC(C)C)COP(=O)(O)OCC(O)COP(=O)(O)OC[C@@H](COC(=O)CCCCCCCCCCCCCCCCCCC(C)C)OC(=O)CCCCCCCCCCCCCCCCCC(C)C. The second-order valence-electron chi connectivity index (χ2n) is 30.5. The van der Waals surface area contributed by atoms with E-state index in [0.717, 1.165) is 114 Å². The van der Waals surface area contributed by atoms with Crippen LogP contribution in [-0.2, 0) is 65.4 Å². The van der Waals surface area contributed by atoms with Crippen LogP contribution in [-0.4, -0.2) is 96.7 Å². The smallest absolute Gasteiger partial charge is 0.462 e. The normalized spacial score (nSPS) is 14.3. The molecule has 4 unspecified atom stereocenters. The monoisotopic (exact) mass is 1450 g/mol. The molecule has 0 aromatic heterocycles. The predicted molar refractivity (Wildman–Crippen MR) is 404 cm³/mol. The molecule has 0 aliphatic rings. The topological polar surface area (TPSA) is 237 Å². The van der Waals surface area contributed by atoms with Crippen LogP contribution < -0.4 is 0 Å². The first-order valence-electron chi connectivity index (χ1n) is 41.2. The Morgan fingerprint density at radius 2 is 0.485 bits per heavy atom. The van der Waals surface area contributed by atoms with E-state index in [4.69, 9.17) is 37.0 Å². The van der Waals surface area contributed by atoms with Crippen LogP contribution in [0.3, 0.4) is 0 Å². The molecule has 0 aliphatic carbocycles. The van der Waals surface area contributed by atoms with Crippen LogP contribution in [0.5, 0.6) is 0 Å². The molecule has 0 aromatic rings. The van der Waals surface area contributed by atoms with E-state index in [1.54, 1.807) is 0 Å². The molecular weight excluding hydrogens is 1290 g/mol. The number of unbranched alkanes of at least 4 members (excludes halogenated alkanes) is 42. The van der Waals surface area contributed by atoms with Crippen molar-refractivity contribution in [2.45, 2.75) is 427 Å². The number of hydrogen-bond acceptors (Lipinski definition) is 15. The van der Waals surface area contributed by atoms with Gasteiger partial charge in [-0.25, -0.2) is 9.13 Å². The number of esters is 4. The van der Waals surface area contributed by atoms with E-state index in [2.05, 4.69) is 55.4 Å². The molecule has 0 rings (SSSR count). The molecule has 0 aromatic carbocycles. The molecule has 588 valence electrons. The number of aliphatic hydroxyl groups excluding tert-OH is 1. The molecule has 17 nitrogen and oxygen atoms in total. The van der Waals surface area contributed by atoms with Crippen LogP contribution >= 0.6 is 15.6 Å². The Morgan fingerprint density at radius 3 is 0.717 bits per heavy atom. The van der Waals surface area contributed by atoms with Crippen LogP contribution in [0.15, 0.2) is 0 Å². The quantitative estimate of drug-likeness (QED) is 0.0222. The largest absolute Gasteiger partial charge is 0.472 e. The second kappa shape index (κ2) is 69.1. The Bertz CT molecular complexity index is 1940. The van der Waals surface area contributed by atoms with E-state index < -0.39 is 97.5 Å². The highest BCUT2D eigenvalue weighted by molar-refractivity contribution is 7.47. The molecule has 0 bridgehead atoms. The summed E-state index contributed by atoms with van der Waals surface area (Å²) in [7, 11) is -9.92. The number of hydrogen-bond donors (Lipinski definition) is 3. The molecular formula is C80H156O17P2. The number of carbonyl (C=O) groups excluding carboxylic acids is 4. The lowest BCUT2D eigenvalue weighted by Crippen LogP contribution is -2.30. The van der Waals surface area contributed by atoms with Crippen LogP contribution in [0.4, 0.5) is 0 Å². The lowest BCUT2D eigenvalue weighted by atomic mass is 9.99. The van der Waals surface area contributed by atoms with Crippen LogP contribution in [0.1, 0.15) is 409 Å². The summed E-state index contributed by atoms with van der Waals surface area (Å²) in [6.07, 6.45) is 55.6. The maximum atomic E-state index is 13.1. The van der Waals surface area contributed by atoms with E-state index >= 15 is 0 Å². The number of phosphoric acid groups is 2. The van der Waals surface area contributed by atoms with Gasteiger partial charge in [0.15, 0.2) is 12.2 Å². The summed E-state index contributed by atoms with van der Waals surface area (Å²) in [5.41, 5.74) is 0. The van der Waals surface area contributed by atoms with Gasteiger partial charge in [0.05, 0.1) is 26.4 Å². The number of carbonyl (C=O) groups is 4. The maximum absolute atomic E-state index is 13.1. The molecule has 0 spiro atoms. The number of phosphoric ester groups is 2. The van der Waals surface area contributed by atoms with E-state index in [9.17, 15) is 43.2 Å². The van der Waals surface area contributed by atoms with Gasteiger partial charge in [-0.3, -0.25) is 37.3 Å². The van der Waals surface area contributed by atoms with Gasteiger partial charge in [0, 0.05) is 25.7 Å². The van der Waals surface area contributed by atoms with Crippen molar-refractivity contribution in [2.75, 3.05) is 39.6 Å². The van der Waals surface area contributed by atoms with Crippen molar-refractivity contribution in [3.63, 3.8) is 0 Å². The van der Waals surface area contributed by atoms with Gasteiger partial charge >= 0.3 is 39.5 Å². The summed E-state index contributed by atoms with van der Waals surface area (Å²) < 4.78 is 68.6. The van der Waals surface area contributed by atoms with Crippen molar-refractivity contribution < 1.29 is 80.2 Å². The Morgan fingerprint density at radius 1 is 0.283 bits per heavy atom. The predicted octanol–water partition coefficient (Wildman–Crippen LogP) is 23.6. The fourth-order valence-electron chi connectivity index (χ4n) is 12.2. The Kier molecular flexibility index (Phi) is 67.8. The van der Waals surface area contributed by atoms with Gasteiger partial charge in [0.1, 0.15) is 19.3 Å². The van der Waals surface area contributed by atoms with Gasteiger partial charge in [-0.15, -0.1) is 0 Å². The number of aliphatic hydroxyl groups is 1. The van der Waals surface area contributed by atoms with Crippen molar-refractivity contribution >= 4 is 39.5 Å². The van der Waals surface area contributed by atoms with Crippen molar-refractivity contribution in [1.29, 1.82) is 0 Å². The van der Waals surface area contributed by atoms with Crippen LogP contribution in [0.25, 0.3) is 0 Å². The van der Waals surface area contributed by atoms with Gasteiger partial charge < -0.3 is 33.8 Å². The lowest BCUT2D eigenvalue weighted by molar-refractivity contribution is -0.161. The lowest BCUT2D eigenvalue weighted by Gasteiger charge is -2.21. The Labute approximate surface area is 607 Å². The first-order chi connectivity index (χ1) is 47.6. The van der Waals surface area contributed by atoms with Crippen molar-refractivity contribution in [1.82, 2.24) is 0 Å². The summed E-state index contributed by atoms with van der Waals surface area (Å²) in [6, 6.07) is 0. The molecule has 0 radical (unpaired) electrons. The molecule has 19 heteroatoms. The van der Waals surface area contributed by atoms with Gasteiger partial charge in [-0.1, -0.05) is 357 Å². The second-order valence-corrected chi connectivity index (χ2v) is 33.4. The molecule has 0 fully saturated rings. The standard InChI is InChI=1S/C80H156O17P2/c1-9-73(8)59-51-43-35-29-30-38-47-55-63-80(85)97-76(67-91-78(83)61-53-45-39-31-34-42-50-58-72(6)7)69-95-99(88,89)93-65-74(81)64-92-98(86,87)94-68-75(96-79(84)62-54-46-37-28-24-20-16-12-14-18-22-26-33-41-49-57-71(4)5)66-90-77(82)60-52-44-36-27-23-19-15-11-10-13-17-21-25-32-40-48-56-70(2)3/h70-76,81H,9-69H2,1-8H3,(H,86,87)(H,88,89)/t73?,74?,75-,76-/m1/s1. The van der Waals surface area contributed by atoms with E-state index in [-0.39, 0.29) is 25.7 Å². The average molecular weight is 1450 g/mol. The van der Waals surface area contributed by atoms with E-state index in [0.29, 0.717) is 31.6 Å². The Balaban J connectivity index is 5.23. The highest BCUT2D eigenvalue weighted by Crippen LogP contribution is 2.45. The van der Waals surface area contributed by atoms with Gasteiger partial charge in [-0.05, 0) is 49.4 Å². The molecule has 6 atom stereocenters. The zero-order valence-electron chi connectivity index (χ0n) is 65.1. The van der Waals surface area contributed by atoms with Gasteiger partial charge in [0.25, 0.3) is 0 Å². The molecule has 3 N–H and O–H groups in total. The number of ether oxygens (including phenoxy) is 4. The zero-order chi connectivity index (χ0) is 73.1. The van der Waals surface area contributed by atoms with Crippen LogP contribution in [0.2, 0.25) is 0 Å². The number of rotatable bonds is 77. The fraction of sp³-hybridized carbons (Fsp3) is 0.950. The Hall–Kier alpha value is -1.94. The summed E-state index contributed by atoms with van der Waals surface area (Å²) in [5, 5.41) is 10.6. The summed E-state index contributed by atoms with van der Waals surface area (Å²) in [4.78, 5) is 72.9. The van der Waals surface area contributed by atoms with Gasteiger partial charge in [0.2, 0.25) is 0 Å². The minimum absolute atomic E-state index is 0.104. The van der Waals surface area contributed by atoms with E-state index in [1.165, 1.54) is 205 Å². The molecule has 0 aliphatic heterocycles. The third-order valence-corrected chi connectivity index (χ3v) is 20.8.